The third-order valence-electron chi connectivity index (χ3n) is 3.89. The Morgan fingerprint density at radius 1 is 1.15 bits per heavy atom. The van der Waals surface area contributed by atoms with Crippen LogP contribution < -0.4 is 10.9 Å². The minimum atomic E-state index is -0.437. The second kappa shape index (κ2) is 6.48. The average molecular weight is 388 g/mol. The molecule has 0 aliphatic carbocycles. The lowest BCUT2D eigenvalue weighted by atomic mass is 10.2. The van der Waals surface area contributed by atoms with E-state index < -0.39 is 11.5 Å². The van der Waals surface area contributed by atoms with Crippen molar-refractivity contribution in [2.45, 2.75) is 6.54 Å². The predicted molar refractivity (Wildman–Crippen MR) is 101 cm³/mol. The summed E-state index contributed by atoms with van der Waals surface area (Å²) in [7, 11) is 0. The fourth-order valence-corrected chi connectivity index (χ4v) is 3.02. The van der Waals surface area contributed by atoms with Crippen LogP contribution in [0.25, 0.3) is 22.1 Å². The molecule has 26 heavy (non-hydrogen) atoms. The summed E-state index contributed by atoms with van der Waals surface area (Å²) < 4.78 is 6.77. The maximum atomic E-state index is 12.6. The number of carbonyl (C=O) groups excluding carboxylic acids is 1. The number of furan rings is 1. The Morgan fingerprint density at radius 2 is 1.96 bits per heavy atom. The molecule has 0 aliphatic heterocycles. The zero-order valence-electron chi connectivity index (χ0n) is 13.2. The van der Waals surface area contributed by atoms with E-state index in [2.05, 4.69) is 10.3 Å². The number of halogens is 2. The van der Waals surface area contributed by atoms with Crippen LogP contribution in [0.15, 0.2) is 58.0 Å². The first-order valence-corrected chi connectivity index (χ1v) is 8.41. The van der Waals surface area contributed by atoms with Crippen LogP contribution in [-0.2, 0) is 11.3 Å². The lowest BCUT2D eigenvalue weighted by Gasteiger charge is -2.09. The number of nitrogens with one attached hydrogen (secondary N) is 1. The van der Waals surface area contributed by atoms with Gasteiger partial charge in [0, 0.05) is 5.39 Å². The molecule has 0 spiro atoms. The smallest absolute Gasteiger partial charge is 0.297 e. The minimum absolute atomic E-state index is 0.113. The molecule has 4 aromatic rings. The minimum Gasteiger partial charge on any atom is -0.448 e. The second-order valence-electron chi connectivity index (χ2n) is 5.60. The van der Waals surface area contributed by atoms with E-state index in [1.165, 1.54) is 10.9 Å². The van der Waals surface area contributed by atoms with Gasteiger partial charge >= 0.3 is 0 Å². The molecule has 1 N–H and O–H groups in total. The lowest BCUT2D eigenvalue weighted by molar-refractivity contribution is -0.116. The lowest BCUT2D eigenvalue weighted by Crippen LogP contribution is -2.27. The highest BCUT2D eigenvalue weighted by atomic mass is 35.5. The van der Waals surface area contributed by atoms with Crippen LogP contribution in [0.2, 0.25) is 10.0 Å². The normalized spacial score (nSPS) is 11.2. The van der Waals surface area contributed by atoms with Crippen molar-refractivity contribution in [3.8, 4) is 0 Å². The molecule has 0 aliphatic rings. The van der Waals surface area contributed by atoms with Gasteiger partial charge in [0.15, 0.2) is 0 Å². The van der Waals surface area contributed by atoms with E-state index in [1.807, 2.05) is 18.2 Å². The molecular weight excluding hydrogens is 377 g/mol. The van der Waals surface area contributed by atoms with Gasteiger partial charge in [-0.3, -0.25) is 14.2 Å². The van der Waals surface area contributed by atoms with Crippen LogP contribution in [-0.4, -0.2) is 15.5 Å². The molecule has 1 amide bonds. The van der Waals surface area contributed by atoms with Crippen molar-refractivity contribution < 1.29 is 9.21 Å². The second-order valence-corrected chi connectivity index (χ2v) is 6.39. The highest BCUT2D eigenvalue weighted by molar-refractivity contribution is 6.43. The number of hydrogen-bond acceptors (Lipinski definition) is 4. The summed E-state index contributed by atoms with van der Waals surface area (Å²) in [6, 6.07) is 12.1. The predicted octanol–water partition coefficient (Wildman–Crippen LogP) is 4.09. The van der Waals surface area contributed by atoms with Gasteiger partial charge in [-0.2, -0.15) is 0 Å². The number of para-hydroxylation sites is 1. The third-order valence-corrected chi connectivity index (χ3v) is 4.71. The molecule has 0 saturated heterocycles. The molecule has 4 rings (SSSR count). The number of hydrogen-bond donors (Lipinski definition) is 1. The maximum Gasteiger partial charge on any atom is 0.297 e. The van der Waals surface area contributed by atoms with Crippen LogP contribution >= 0.6 is 23.2 Å². The van der Waals surface area contributed by atoms with Crippen LogP contribution in [0.3, 0.4) is 0 Å². The molecule has 6 nitrogen and oxygen atoms in total. The van der Waals surface area contributed by atoms with Gasteiger partial charge < -0.3 is 9.73 Å². The fourth-order valence-electron chi connectivity index (χ4n) is 2.67. The van der Waals surface area contributed by atoms with Crippen molar-refractivity contribution >= 4 is 56.9 Å². The SMILES string of the molecule is O=C(Cn1cnc2c(oc3ccccc32)c1=O)Nc1cccc(Cl)c1Cl. The number of fused-ring (bicyclic) bond motifs is 3. The highest BCUT2D eigenvalue weighted by Crippen LogP contribution is 2.29. The first kappa shape index (κ1) is 16.6. The summed E-state index contributed by atoms with van der Waals surface area (Å²) in [5, 5.41) is 3.94. The number of aromatic nitrogens is 2. The molecule has 2 aromatic carbocycles. The van der Waals surface area contributed by atoms with Crippen LogP contribution in [0.4, 0.5) is 5.69 Å². The Morgan fingerprint density at radius 3 is 2.81 bits per heavy atom. The fraction of sp³-hybridized carbons (Fsp3) is 0.0556. The molecule has 0 saturated carbocycles. The molecule has 0 atom stereocenters. The molecule has 2 aromatic heterocycles. The summed E-state index contributed by atoms with van der Waals surface area (Å²) in [4.78, 5) is 29.1. The van der Waals surface area contributed by atoms with Crippen molar-refractivity contribution in [1.29, 1.82) is 0 Å². The summed E-state index contributed by atoms with van der Waals surface area (Å²) >= 11 is 12.0. The number of carbonyl (C=O) groups is 1. The number of nitrogens with zero attached hydrogens (tertiary/aromatic N) is 2. The van der Waals surface area contributed by atoms with Crippen LogP contribution in [0.1, 0.15) is 0 Å². The first-order chi connectivity index (χ1) is 12.5. The summed E-state index contributed by atoms with van der Waals surface area (Å²) in [6.07, 6.45) is 1.33. The van der Waals surface area contributed by atoms with E-state index in [4.69, 9.17) is 27.6 Å². The van der Waals surface area contributed by atoms with Crippen LogP contribution in [0.5, 0.6) is 0 Å². The van der Waals surface area contributed by atoms with Crippen LogP contribution in [0, 0.1) is 0 Å². The molecule has 0 bridgehead atoms. The number of benzene rings is 2. The molecular formula is C18H11Cl2N3O3. The van der Waals surface area contributed by atoms with Gasteiger partial charge in [0.25, 0.3) is 5.56 Å². The van der Waals surface area contributed by atoms with Gasteiger partial charge in [-0.15, -0.1) is 0 Å². The number of anilines is 1. The number of rotatable bonds is 3. The third kappa shape index (κ3) is 2.83. The van der Waals surface area contributed by atoms with E-state index >= 15 is 0 Å². The van der Waals surface area contributed by atoms with Gasteiger partial charge in [-0.1, -0.05) is 41.4 Å². The van der Waals surface area contributed by atoms with Gasteiger partial charge in [0.1, 0.15) is 17.6 Å². The van der Waals surface area contributed by atoms with Crippen molar-refractivity contribution in [2.75, 3.05) is 5.32 Å². The Hall–Kier alpha value is -2.83. The topological polar surface area (TPSA) is 77.1 Å². The average Bonchev–Trinajstić information content (AvgIpc) is 3.01. The molecule has 0 unspecified atom stereocenters. The van der Waals surface area contributed by atoms with Crippen molar-refractivity contribution in [1.82, 2.24) is 9.55 Å². The standard InChI is InChI=1S/C18H11Cl2N3O3/c19-11-5-3-6-12(15(11)20)22-14(24)8-23-9-21-16-10-4-1-2-7-13(10)26-17(16)18(23)25/h1-7,9H,8H2,(H,22,24). The summed E-state index contributed by atoms with van der Waals surface area (Å²) in [5.74, 6) is -0.437. The van der Waals surface area contributed by atoms with E-state index in [0.29, 0.717) is 21.8 Å². The van der Waals surface area contributed by atoms with Gasteiger partial charge in [0.05, 0.1) is 22.1 Å². The summed E-state index contributed by atoms with van der Waals surface area (Å²) in [5.41, 5.74) is 1.09. The zero-order valence-corrected chi connectivity index (χ0v) is 14.7. The van der Waals surface area contributed by atoms with E-state index in [9.17, 15) is 9.59 Å². The van der Waals surface area contributed by atoms with Gasteiger partial charge in [0.2, 0.25) is 11.5 Å². The van der Waals surface area contributed by atoms with E-state index in [1.54, 1.807) is 24.3 Å². The molecule has 0 radical (unpaired) electrons. The molecule has 0 fully saturated rings. The number of amides is 1. The first-order valence-electron chi connectivity index (χ1n) is 7.65. The Bertz CT molecular complexity index is 1210. The molecule has 130 valence electrons. The molecule has 2 heterocycles. The van der Waals surface area contributed by atoms with Crippen molar-refractivity contribution in [3.63, 3.8) is 0 Å². The zero-order chi connectivity index (χ0) is 18.3. The Kier molecular flexibility index (Phi) is 4.14. The Balaban J connectivity index is 1.66. The van der Waals surface area contributed by atoms with Gasteiger partial charge in [-0.05, 0) is 24.3 Å². The van der Waals surface area contributed by atoms with Crippen molar-refractivity contribution in [2.24, 2.45) is 0 Å². The highest BCUT2D eigenvalue weighted by Gasteiger charge is 2.15. The van der Waals surface area contributed by atoms with Gasteiger partial charge in [-0.25, -0.2) is 4.98 Å². The quantitative estimate of drug-likeness (QED) is 0.574. The van der Waals surface area contributed by atoms with E-state index in [-0.39, 0.29) is 17.2 Å². The van der Waals surface area contributed by atoms with Crippen molar-refractivity contribution in [3.05, 3.63) is 69.2 Å². The monoisotopic (exact) mass is 387 g/mol. The van der Waals surface area contributed by atoms with E-state index in [0.717, 1.165) is 5.39 Å². The maximum absolute atomic E-state index is 12.6. The largest absolute Gasteiger partial charge is 0.448 e. The Labute approximate surface area is 157 Å². The molecule has 8 heteroatoms. The summed E-state index contributed by atoms with van der Waals surface area (Å²) in [6.45, 7) is -0.234.